The van der Waals surface area contributed by atoms with Crippen molar-refractivity contribution in [3.63, 3.8) is 0 Å². The topological polar surface area (TPSA) is 0 Å². The van der Waals surface area contributed by atoms with E-state index in [1.165, 1.54) is 5.57 Å². The van der Waals surface area contributed by atoms with E-state index < -0.39 is 0 Å². The summed E-state index contributed by atoms with van der Waals surface area (Å²) >= 11 is 2.00. The van der Waals surface area contributed by atoms with Gasteiger partial charge in [0.2, 0.25) is 0 Å². The Labute approximate surface area is 119 Å². The van der Waals surface area contributed by atoms with E-state index in [1.807, 2.05) is 11.8 Å². The summed E-state index contributed by atoms with van der Waals surface area (Å²) in [5.74, 6) is 0. The summed E-state index contributed by atoms with van der Waals surface area (Å²) in [7, 11) is 0. The molecule has 1 atom stereocenters. The number of allylic oxidation sites excluding steroid dienone is 3. The average molecular weight is 288 g/mol. The van der Waals surface area contributed by atoms with E-state index in [0.29, 0.717) is 10.5 Å². The summed E-state index contributed by atoms with van der Waals surface area (Å²) in [6.45, 7) is 6.73. The normalized spacial score (nSPS) is 15.0. The van der Waals surface area contributed by atoms with Gasteiger partial charge in [0.05, 0.1) is 0 Å². The molecule has 0 nitrogen and oxygen atoms in total. The van der Waals surface area contributed by atoms with Gasteiger partial charge in [-0.15, -0.1) is 31.2 Å². The number of rotatable bonds is 3. The van der Waals surface area contributed by atoms with E-state index in [1.54, 1.807) is 0 Å². The fourth-order valence-corrected chi connectivity index (χ4v) is 2.31. The monoisotopic (exact) mass is 287 g/mol. The summed E-state index contributed by atoms with van der Waals surface area (Å²) < 4.78 is 0. The van der Waals surface area contributed by atoms with Crippen molar-refractivity contribution < 1.29 is 21.7 Å². The van der Waals surface area contributed by atoms with Crippen LogP contribution in [0, 0.1) is 6.08 Å². The molecule has 0 spiro atoms. The number of hydrogen-bond acceptors (Lipinski definition) is 1. The predicted molar refractivity (Wildman–Crippen MR) is 67.2 cm³/mol. The fourth-order valence-electron chi connectivity index (χ4n) is 1.18. The van der Waals surface area contributed by atoms with Crippen LogP contribution in [0.2, 0.25) is 0 Å². The SMILES string of the molecule is CC(C)SC(C)C1=[C-]CC=C1.Cl.Cl.[Ti]. The second-order valence-corrected chi connectivity index (χ2v) is 4.99. The molecule has 0 fully saturated rings. The molecule has 0 aromatic rings. The van der Waals surface area contributed by atoms with Crippen molar-refractivity contribution in [3.8, 4) is 0 Å². The number of hydrogen-bond donors (Lipinski definition) is 0. The molecular formula is C10H17Cl2STi-. The van der Waals surface area contributed by atoms with Crippen LogP contribution in [0.25, 0.3) is 0 Å². The van der Waals surface area contributed by atoms with Gasteiger partial charge in [0, 0.05) is 21.7 Å². The van der Waals surface area contributed by atoms with Crippen LogP contribution in [0.5, 0.6) is 0 Å². The molecule has 0 aromatic heterocycles. The van der Waals surface area contributed by atoms with Crippen molar-refractivity contribution in [2.45, 2.75) is 37.7 Å². The van der Waals surface area contributed by atoms with Crippen molar-refractivity contribution >= 4 is 36.6 Å². The maximum absolute atomic E-state index is 3.35. The number of halogens is 2. The molecule has 0 bridgehead atoms. The first-order valence-corrected chi connectivity index (χ1v) is 5.07. The fraction of sp³-hybridized carbons (Fsp3) is 0.600. The van der Waals surface area contributed by atoms with Crippen LogP contribution in [-0.2, 0) is 21.7 Å². The summed E-state index contributed by atoms with van der Waals surface area (Å²) in [6.07, 6.45) is 8.73. The quantitative estimate of drug-likeness (QED) is 0.557. The van der Waals surface area contributed by atoms with Gasteiger partial charge in [-0.2, -0.15) is 17.8 Å². The molecule has 0 aliphatic heterocycles. The molecule has 0 aromatic carbocycles. The van der Waals surface area contributed by atoms with Crippen molar-refractivity contribution in [1.82, 2.24) is 0 Å². The first-order valence-electron chi connectivity index (χ1n) is 4.13. The van der Waals surface area contributed by atoms with Gasteiger partial charge in [0.25, 0.3) is 0 Å². The third-order valence-electron chi connectivity index (χ3n) is 1.64. The molecule has 4 heteroatoms. The molecule has 0 heterocycles. The van der Waals surface area contributed by atoms with Crippen LogP contribution in [0.4, 0.5) is 0 Å². The Hall–Kier alpha value is 1.12. The summed E-state index contributed by atoms with van der Waals surface area (Å²) in [5.41, 5.74) is 1.38. The molecule has 1 aliphatic rings. The predicted octanol–water partition coefficient (Wildman–Crippen LogP) is 4.05. The van der Waals surface area contributed by atoms with Gasteiger partial charge in [0.1, 0.15) is 0 Å². The van der Waals surface area contributed by atoms with E-state index in [4.69, 9.17) is 0 Å². The van der Waals surface area contributed by atoms with Gasteiger partial charge in [-0.3, -0.25) is 6.08 Å². The zero-order valence-electron chi connectivity index (χ0n) is 8.74. The van der Waals surface area contributed by atoms with Crippen molar-refractivity contribution in [2.24, 2.45) is 0 Å². The molecule has 0 radical (unpaired) electrons. The molecule has 82 valence electrons. The third kappa shape index (κ3) is 7.42. The molecule has 0 saturated heterocycles. The van der Waals surface area contributed by atoms with Crippen LogP contribution < -0.4 is 0 Å². The molecule has 1 rings (SSSR count). The first-order chi connectivity index (χ1) is 5.20. The zero-order chi connectivity index (χ0) is 8.27. The molecule has 0 amide bonds. The zero-order valence-corrected chi connectivity index (χ0v) is 12.8. The third-order valence-corrected chi connectivity index (χ3v) is 2.84. The Morgan fingerprint density at radius 1 is 1.29 bits per heavy atom. The van der Waals surface area contributed by atoms with Gasteiger partial charge in [0.15, 0.2) is 0 Å². The molecule has 1 aliphatic carbocycles. The molecule has 1 unspecified atom stereocenters. The average Bonchev–Trinajstić information content (AvgIpc) is 2.35. The standard InChI is InChI=1S/C10H15S.2ClH.Ti/c1-8(2)11-9(3)10-6-4-5-7-10;;;/h4,6,8-9H,5H2,1-3H3;2*1H;/q-1;;;. The largest absolute Gasteiger partial charge is 0.268 e. The van der Waals surface area contributed by atoms with Crippen LogP contribution >= 0.6 is 36.6 Å². The van der Waals surface area contributed by atoms with E-state index in [9.17, 15) is 0 Å². The van der Waals surface area contributed by atoms with E-state index >= 15 is 0 Å². The molecule has 14 heavy (non-hydrogen) atoms. The summed E-state index contributed by atoms with van der Waals surface area (Å²) in [4.78, 5) is 0. The van der Waals surface area contributed by atoms with Gasteiger partial charge in [-0.25, -0.2) is 11.6 Å². The van der Waals surface area contributed by atoms with Crippen LogP contribution in [0.1, 0.15) is 27.2 Å². The van der Waals surface area contributed by atoms with Crippen molar-refractivity contribution in [1.29, 1.82) is 0 Å². The summed E-state index contributed by atoms with van der Waals surface area (Å²) in [5, 5.41) is 1.34. The van der Waals surface area contributed by atoms with Gasteiger partial charge in [-0.05, 0) is 10.5 Å². The maximum Gasteiger partial charge on any atom is 0 e. The molecular weight excluding hydrogens is 271 g/mol. The van der Waals surface area contributed by atoms with Crippen molar-refractivity contribution in [3.05, 3.63) is 23.8 Å². The molecule has 0 saturated carbocycles. The Bertz CT molecular complexity index is 191. The van der Waals surface area contributed by atoms with Crippen LogP contribution in [0.15, 0.2) is 17.7 Å². The minimum Gasteiger partial charge on any atom is -0.268 e. The maximum atomic E-state index is 3.35. The van der Waals surface area contributed by atoms with Crippen LogP contribution in [-0.4, -0.2) is 10.5 Å². The van der Waals surface area contributed by atoms with E-state index in [2.05, 4.69) is 39.0 Å². The Kier molecular flexibility index (Phi) is 15.6. The van der Waals surface area contributed by atoms with E-state index in [0.717, 1.165) is 6.42 Å². The van der Waals surface area contributed by atoms with E-state index in [-0.39, 0.29) is 46.5 Å². The second kappa shape index (κ2) is 10.6. The smallest absolute Gasteiger partial charge is 0 e. The minimum atomic E-state index is 0. The minimum absolute atomic E-state index is 0. The Morgan fingerprint density at radius 3 is 2.21 bits per heavy atom. The van der Waals surface area contributed by atoms with Crippen LogP contribution in [0.3, 0.4) is 0 Å². The summed E-state index contributed by atoms with van der Waals surface area (Å²) in [6, 6.07) is 0. The Morgan fingerprint density at radius 2 is 1.86 bits per heavy atom. The Balaban J connectivity index is -0.000000403. The van der Waals surface area contributed by atoms with Gasteiger partial charge < -0.3 is 0 Å². The van der Waals surface area contributed by atoms with Crippen molar-refractivity contribution in [2.75, 3.05) is 0 Å². The number of thioether (sulfide) groups is 1. The van der Waals surface area contributed by atoms with Gasteiger partial charge in [-0.1, -0.05) is 20.8 Å². The molecule has 0 N–H and O–H groups in total. The van der Waals surface area contributed by atoms with Gasteiger partial charge >= 0.3 is 0 Å². The second-order valence-electron chi connectivity index (χ2n) is 3.07. The first kappa shape index (κ1) is 20.5.